The zero-order valence-electron chi connectivity index (χ0n) is 15.7. The minimum atomic E-state index is -0.531. The van der Waals surface area contributed by atoms with Crippen molar-refractivity contribution in [2.24, 2.45) is 0 Å². The summed E-state index contributed by atoms with van der Waals surface area (Å²) in [6, 6.07) is 16.0. The highest BCUT2D eigenvalue weighted by atomic mass is 35.5. The molecule has 1 amide bonds. The van der Waals surface area contributed by atoms with E-state index in [1.54, 1.807) is 42.0 Å². The quantitative estimate of drug-likeness (QED) is 0.373. The first kappa shape index (κ1) is 20.2. The van der Waals surface area contributed by atoms with E-state index in [4.69, 9.17) is 16.3 Å². The van der Waals surface area contributed by atoms with Gasteiger partial charge in [-0.15, -0.1) is 0 Å². The molecule has 0 atom stereocenters. The molecule has 0 saturated carbocycles. The lowest BCUT2D eigenvalue weighted by Gasteiger charge is -2.04. The first-order valence-electron chi connectivity index (χ1n) is 8.94. The maximum Gasteiger partial charge on any atom is 0.325 e. The van der Waals surface area contributed by atoms with Crippen molar-refractivity contribution in [3.05, 3.63) is 70.9 Å². The summed E-state index contributed by atoms with van der Waals surface area (Å²) >= 11 is 5.85. The van der Waals surface area contributed by atoms with Crippen LogP contribution in [0.5, 0.6) is 0 Å². The predicted molar refractivity (Wildman–Crippen MR) is 112 cm³/mol. The van der Waals surface area contributed by atoms with E-state index in [2.05, 4.69) is 5.32 Å². The number of ether oxygens (including phenoxy) is 1. The number of rotatable bonds is 6. The van der Waals surface area contributed by atoms with Gasteiger partial charge in [0.1, 0.15) is 18.2 Å². The number of para-hydroxylation sites is 1. The standard InChI is InChI=1S/C22H18ClN3O3/c1-2-29-21(27)14-26-13-16(19-5-3-4-6-20(19)26)11-15(12-24)22(28)25-18-9-7-17(23)8-10-18/h3-11,13H,2,14H2,1H3,(H,25,28)/b15-11-. The molecule has 0 aliphatic heterocycles. The minimum Gasteiger partial charge on any atom is -0.465 e. The average molecular weight is 408 g/mol. The van der Waals surface area contributed by atoms with Crippen LogP contribution in [0.2, 0.25) is 5.02 Å². The molecule has 0 bridgehead atoms. The molecule has 0 spiro atoms. The normalized spacial score (nSPS) is 11.1. The first-order chi connectivity index (χ1) is 14.0. The number of nitriles is 1. The molecule has 0 aliphatic rings. The largest absolute Gasteiger partial charge is 0.465 e. The summed E-state index contributed by atoms with van der Waals surface area (Å²) < 4.78 is 6.76. The highest BCUT2D eigenvalue weighted by Crippen LogP contribution is 2.24. The van der Waals surface area contributed by atoms with Crippen LogP contribution >= 0.6 is 11.6 Å². The minimum absolute atomic E-state index is 0.0427. The highest BCUT2D eigenvalue weighted by molar-refractivity contribution is 6.30. The maximum atomic E-state index is 12.5. The Hall–Kier alpha value is -3.56. The van der Waals surface area contributed by atoms with Gasteiger partial charge in [-0.25, -0.2) is 0 Å². The van der Waals surface area contributed by atoms with Crippen LogP contribution in [-0.2, 0) is 20.9 Å². The van der Waals surface area contributed by atoms with Crippen LogP contribution in [0.4, 0.5) is 5.69 Å². The third-order valence-corrected chi connectivity index (χ3v) is 4.44. The SMILES string of the molecule is CCOC(=O)Cn1cc(/C=C(/C#N)C(=O)Nc2ccc(Cl)cc2)c2ccccc21. The summed E-state index contributed by atoms with van der Waals surface area (Å²) in [4.78, 5) is 24.4. The maximum absolute atomic E-state index is 12.5. The zero-order valence-corrected chi connectivity index (χ0v) is 16.4. The van der Waals surface area contributed by atoms with E-state index < -0.39 is 5.91 Å². The number of aromatic nitrogens is 1. The third-order valence-electron chi connectivity index (χ3n) is 4.19. The van der Waals surface area contributed by atoms with E-state index in [-0.39, 0.29) is 18.1 Å². The third kappa shape index (κ3) is 4.84. The number of hydrogen-bond acceptors (Lipinski definition) is 4. The molecule has 0 radical (unpaired) electrons. The van der Waals surface area contributed by atoms with Gasteiger partial charge < -0.3 is 14.6 Å². The van der Waals surface area contributed by atoms with Crippen molar-refractivity contribution in [2.75, 3.05) is 11.9 Å². The fourth-order valence-electron chi connectivity index (χ4n) is 2.90. The van der Waals surface area contributed by atoms with Gasteiger partial charge in [-0.1, -0.05) is 29.8 Å². The average Bonchev–Trinajstić information content (AvgIpc) is 3.05. The number of carbonyl (C=O) groups is 2. The first-order valence-corrected chi connectivity index (χ1v) is 9.32. The van der Waals surface area contributed by atoms with Crippen LogP contribution in [0.25, 0.3) is 17.0 Å². The Morgan fingerprint density at radius 3 is 2.62 bits per heavy atom. The van der Waals surface area contributed by atoms with E-state index in [1.807, 2.05) is 30.3 Å². The van der Waals surface area contributed by atoms with Gasteiger partial charge in [0.15, 0.2) is 0 Å². The number of fused-ring (bicyclic) bond motifs is 1. The van der Waals surface area contributed by atoms with Gasteiger partial charge in [0.25, 0.3) is 5.91 Å². The smallest absolute Gasteiger partial charge is 0.325 e. The molecule has 1 aromatic heterocycles. The molecule has 29 heavy (non-hydrogen) atoms. The highest BCUT2D eigenvalue weighted by Gasteiger charge is 2.14. The number of nitrogens with one attached hydrogen (secondary N) is 1. The fraction of sp³-hybridized carbons (Fsp3) is 0.136. The number of halogens is 1. The van der Waals surface area contributed by atoms with E-state index in [0.29, 0.717) is 22.9 Å². The number of esters is 1. The van der Waals surface area contributed by atoms with Crippen molar-refractivity contribution in [3.63, 3.8) is 0 Å². The lowest BCUT2D eigenvalue weighted by molar-refractivity contribution is -0.143. The fourth-order valence-corrected chi connectivity index (χ4v) is 3.03. The Kier molecular flexibility index (Phi) is 6.32. The molecule has 7 heteroatoms. The van der Waals surface area contributed by atoms with Crippen molar-refractivity contribution >= 4 is 46.1 Å². The van der Waals surface area contributed by atoms with E-state index in [9.17, 15) is 14.9 Å². The zero-order chi connectivity index (χ0) is 20.8. The lowest BCUT2D eigenvalue weighted by atomic mass is 10.1. The number of hydrogen-bond donors (Lipinski definition) is 1. The van der Waals surface area contributed by atoms with Crippen molar-refractivity contribution in [1.82, 2.24) is 4.57 Å². The molecule has 1 heterocycles. The Morgan fingerprint density at radius 2 is 1.93 bits per heavy atom. The second kappa shape index (κ2) is 9.09. The molecule has 1 N–H and O–H groups in total. The van der Waals surface area contributed by atoms with Crippen molar-refractivity contribution in [2.45, 2.75) is 13.5 Å². The molecule has 3 rings (SSSR count). The summed E-state index contributed by atoms with van der Waals surface area (Å²) in [6.07, 6.45) is 3.24. The number of anilines is 1. The molecule has 0 fully saturated rings. The molecule has 2 aromatic carbocycles. The summed E-state index contributed by atoms with van der Waals surface area (Å²) in [6.45, 7) is 2.09. The van der Waals surface area contributed by atoms with Gasteiger partial charge in [0, 0.05) is 33.4 Å². The molecule has 6 nitrogen and oxygen atoms in total. The molecule has 146 valence electrons. The van der Waals surface area contributed by atoms with Crippen molar-refractivity contribution in [1.29, 1.82) is 5.26 Å². The van der Waals surface area contributed by atoms with Crippen LogP contribution in [0, 0.1) is 11.3 Å². The monoisotopic (exact) mass is 407 g/mol. The van der Waals surface area contributed by atoms with E-state index in [1.165, 1.54) is 6.08 Å². The van der Waals surface area contributed by atoms with Crippen LogP contribution in [0.1, 0.15) is 12.5 Å². The predicted octanol–water partition coefficient (Wildman–Crippen LogP) is 4.40. The van der Waals surface area contributed by atoms with Crippen LogP contribution in [0.15, 0.2) is 60.3 Å². The van der Waals surface area contributed by atoms with E-state index in [0.717, 1.165) is 10.9 Å². The number of amides is 1. The Balaban J connectivity index is 1.92. The van der Waals surface area contributed by atoms with Gasteiger partial charge in [0.05, 0.1) is 6.61 Å². The van der Waals surface area contributed by atoms with Crippen LogP contribution in [0.3, 0.4) is 0 Å². The van der Waals surface area contributed by atoms with E-state index >= 15 is 0 Å². The summed E-state index contributed by atoms with van der Waals surface area (Å²) in [5, 5.41) is 13.5. The number of benzene rings is 2. The van der Waals surface area contributed by atoms with Crippen molar-refractivity contribution in [3.8, 4) is 6.07 Å². The van der Waals surface area contributed by atoms with Gasteiger partial charge in [-0.05, 0) is 43.3 Å². The van der Waals surface area contributed by atoms with Crippen molar-refractivity contribution < 1.29 is 14.3 Å². The summed E-state index contributed by atoms with van der Waals surface area (Å²) in [5.41, 5.74) is 1.94. The second-order valence-corrected chi connectivity index (χ2v) is 6.60. The van der Waals surface area contributed by atoms with Crippen LogP contribution in [-0.4, -0.2) is 23.1 Å². The molecule has 0 unspecified atom stereocenters. The molecular formula is C22H18ClN3O3. The topological polar surface area (TPSA) is 84.1 Å². The molecule has 0 saturated heterocycles. The Labute approximate surface area is 173 Å². The summed E-state index contributed by atoms with van der Waals surface area (Å²) in [5.74, 6) is -0.887. The summed E-state index contributed by atoms with van der Waals surface area (Å²) in [7, 11) is 0. The molecular weight excluding hydrogens is 390 g/mol. The second-order valence-electron chi connectivity index (χ2n) is 6.17. The lowest BCUT2D eigenvalue weighted by Crippen LogP contribution is -2.13. The van der Waals surface area contributed by atoms with Gasteiger partial charge in [-0.2, -0.15) is 5.26 Å². The Morgan fingerprint density at radius 1 is 1.21 bits per heavy atom. The van der Waals surface area contributed by atoms with Gasteiger partial charge in [0.2, 0.25) is 0 Å². The Bertz CT molecular complexity index is 1120. The molecule has 0 aliphatic carbocycles. The number of carbonyl (C=O) groups excluding carboxylic acids is 2. The van der Waals surface area contributed by atoms with Gasteiger partial charge in [-0.3, -0.25) is 9.59 Å². The van der Waals surface area contributed by atoms with Crippen LogP contribution < -0.4 is 5.32 Å². The molecule has 3 aromatic rings. The van der Waals surface area contributed by atoms with Gasteiger partial charge >= 0.3 is 5.97 Å². The number of nitrogens with zero attached hydrogens (tertiary/aromatic N) is 2.